The van der Waals surface area contributed by atoms with Crippen molar-refractivity contribution in [1.82, 2.24) is 4.57 Å². The van der Waals surface area contributed by atoms with Gasteiger partial charge < -0.3 is 19.0 Å². The third-order valence-corrected chi connectivity index (χ3v) is 6.29. The number of aliphatic hydroxyl groups is 1. The van der Waals surface area contributed by atoms with Gasteiger partial charge in [-0.25, -0.2) is 4.85 Å². The van der Waals surface area contributed by atoms with Gasteiger partial charge in [0.05, 0.1) is 23.9 Å². The van der Waals surface area contributed by atoms with Crippen LogP contribution in [0.4, 0.5) is 5.69 Å². The van der Waals surface area contributed by atoms with Crippen LogP contribution in [0.5, 0.6) is 0 Å². The zero-order chi connectivity index (χ0) is 18.9. The first-order chi connectivity index (χ1) is 12.1. The van der Waals surface area contributed by atoms with Crippen molar-refractivity contribution in [1.29, 1.82) is 0 Å². The molecule has 1 aliphatic heterocycles. The highest BCUT2D eigenvalue weighted by Crippen LogP contribution is 2.40. The van der Waals surface area contributed by atoms with Crippen molar-refractivity contribution < 1.29 is 14.4 Å². The van der Waals surface area contributed by atoms with Gasteiger partial charge in [0, 0.05) is 23.2 Å². The first-order valence-corrected chi connectivity index (χ1v) is 9.19. The topological polar surface area (TPSA) is 48.0 Å². The summed E-state index contributed by atoms with van der Waals surface area (Å²) in [5.74, 6) is 0. The molecule has 1 aliphatic carbocycles. The van der Waals surface area contributed by atoms with Crippen molar-refractivity contribution in [3.63, 3.8) is 0 Å². The predicted octanol–water partition coefficient (Wildman–Crippen LogP) is 3.50. The van der Waals surface area contributed by atoms with Gasteiger partial charge in [-0.2, -0.15) is 0 Å². The van der Waals surface area contributed by atoms with E-state index in [0.717, 1.165) is 34.8 Å². The molecular formula is C20H25BN2O3. The van der Waals surface area contributed by atoms with Crippen molar-refractivity contribution in [3.05, 3.63) is 35.3 Å². The lowest BCUT2D eigenvalue weighted by molar-refractivity contribution is 0.00578. The number of nitrogens with zero attached hydrogens (tertiary/aromatic N) is 2. The zero-order valence-corrected chi connectivity index (χ0v) is 16.0. The fourth-order valence-electron chi connectivity index (χ4n) is 3.78. The Kier molecular flexibility index (Phi) is 3.79. The second-order valence-corrected chi connectivity index (χ2v) is 8.63. The Balaban J connectivity index is 1.86. The van der Waals surface area contributed by atoms with Crippen LogP contribution in [-0.2, 0) is 9.31 Å². The van der Waals surface area contributed by atoms with Crippen LogP contribution in [0.15, 0.2) is 18.3 Å². The summed E-state index contributed by atoms with van der Waals surface area (Å²) in [5.41, 5.74) is 2.84. The normalized spacial score (nSPS) is 26.7. The van der Waals surface area contributed by atoms with Crippen molar-refractivity contribution in [2.24, 2.45) is 0 Å². The molecule has 1 saturated carbocycles. The minimum absolute atomic E-state index is 0.221. The van der Waals surface area contributed by atoms with Crippen LogP contribution < -0.4 is 5.46 Å². The number of hydrogen-bond acceptors (Lipinski definition) is 3. The van der Waals surface area contributed by atoms with Crippen molar-refractivity contribution in [3.8, 4) is 0 Å². The Morgan fingerprint density at radius 1 is 1.19 bits per heavy atom. The summed E-state index contributed by atoms with van der Waals surface area (Å²) in [6, 6.07) is 4.30. The molecule has 0 radical (unpaired) electrons. The first kappa shape index (κ1) is 17.6. The molecule has 136 valence electrons. The molecule has 4 rings (SSSR count). The van der Waals surface area contributed by atoms with Gasteiger partial charge >= 0.3 is 7.12 Å². The lowest BCUT2D eigenvalue weighted by Crippen LogP contribution is -2.41. The van der Waals surface area contributed by atoms with Crippen molar-refractivity contribution in [2.45, 2.75) is 70.8 Å². The maximum atomic E-state index is 9.74. The van der Waals surface area contributed by atoms with Crippen molar-refractivity contribution in [2.75, 3.05) is 0 Å². The van der Waals surface area contributed by atoms with Gasteiger partial charge in [-0.3, -0.25) is 0 Å². The van der Waals surface area contributed by atoms with Gasteiger partial charge in [-0.15, -0.1) is 0 Å². The van der Waals surface area contributed by atoms with E-state index in [2.05, 4.69) is 21.7 Å². The molecule has 2 aromatic rings. The number of fused-ring (bicyclic) bond motifs is 1. The van der Waals surface area contributed by atoms with Crippen LogP contribution in [-0.4, -0.2) is 34.1 Å². The Morgan fingerprint density at radius 3 is 2.35 bits per heavy atom. The summed E-state index contributed by atoms with van der Waals surface area (Å²) in [7, 11) is -0.463. The molecular weight excluding hydrogens is 327 g/mol. The van der Waals surface area contributed by atoms with Gasteiger partial charge in [-0.1, -0.05) is 0 Å². The average Bonchev–Trinajstić information content (AvgIpc) is 2.97. The van der Waals surface area contributed by atoms with Crippen molar-refractivity contribution >= 4 is 29.2 Å². The van der Waals surface area contributed by atoms with E-state index in [1.165, 1.54) is 0 Å². The molecule has 0 bridgehead atoms. The standard InChI is InChI=1S/C20H25BN2O3/c1-12-7-18-15(10-17(12)22-6)16(11-23(18)13-8-14(24)9-13)21-25-19(2,3)20(4,5)26-21/h7,10-11,13-14,24H,8-9H2,1-5H3. The number of benzene rings is 1. The third kappa shape index (κ3) is 2.50. The van der Waals surface area contributed by atoms with E-state index in [-0.39, 0.29) is 12.1 Å². The Labute approximate surface area is 154 Å². The molecule has 1 aromatic heterocycles. The number of aromatic nitrogens is 1. The molecule has 0 spiro atoms. The molecule has 2 heterocycles. The lowest BCUT2D eigenvalue weighted by atomic mass is 9.79. The molecule has 1 N–H and O–H groups in total. The predicted molar refractivity (Wildman–Crippen MR) is 103 cm³/mol. The summed E-state index contributed by atoms with van der Waals surface area (Å²) in [4.78, 5) is 3.66. The monoisotopic (exact) mass is 352 g/mol. The number of aryl methyl sites for hydroxylation is 1. The van der Waals surface area contributed by atoms with E-state index in [4.69, 9.17) is 15.9 Å². The minimum atomic E-state index is -0.463. The van der Waals surface area contributed by atoms with E-state index >= 15 is 0 Å². The van der Waals surface area contributed by atoms with Gasteiger partial charge in [-0.05, 0) is 70.5 Å². The van der Waals surface area contributed by atoms with Gasteiger partial charge in [0.15, 0.2) is 5.69 Å². The van der Waals surface area contributed by atoms with Crippen LogP contribution in [0.3, 0.4) is 0 Å². The van der Waals surface area contributed by atoms with Gasteiger partial charge in [0.25, 0.3) is 0 Å². The number of hydrogen-bond donors (Lipinski definition) is 1. The van der Waals surface area contributed by atoms with Crippen LogP contribution >= 0.6 is 0 Å². The van der Waals surface area contributed by atoms with Crippen LogP contribution in [0.2, 0.25) is 0 Å². The maximum absolute atomic E-state index is 9.74. The fraction of sp³-hybridized carbons (Fsp3) is 0.550. The largest absolute Gasteiger partial charge is 0.496 e. The van der Waals surface area contributed by atoms with Crippen LogP contribution in [0.25, 0.3) is 15.7 Å². The molecule has 0 amide bonds. The van der Waals surface area contributed by atoms with E-state index in [0.29, 0.717) is 5.69 Å². The number of aliphatic hydroxyl groups excluding tert-OH is 1. The molecule has 2 fully saturated rings. The molecule has 1 saturated heterocycles. The summed E-state index contributed by atoms with van der Waals surface area (Å²) in [6.07, 6.45) is 3.39. The molecule has 26 heavy (non-hydrogen) atoms. The quantitative estimate of drug-likeness (QED) is 0.665. The first-order valence-electron chi connectivity index (χ1n) is 9.19. The Hall–Kier alpha value is -1.81. The van der Waals surface area contributed by atoms with E-state index in [1.807, 2.05) is 40.7 Å². The van der Waals surface area contributed by atoms with Crippen LogP contribution in [0.1, 0.15) is 52.1 Å². The SMILES string of the molecule is [C-]#[N+]c1cc2c(B3OC(C)(C)C(C)(C)O3)cn(C3CC(O)C3)c2cc1C. The molecule has 5 nitrogen and oxygen atoms in total. The molecule has 1 aromatic carbocycles. The molecule has 0 atom stereocenters. The van der Waals surface area contributed by atoms with Gasteiger partial charge in [0.2, 0.25) is 0 Å². The number of rotatable bonds is 2. The summed E-state index contributed by atoms with van der Waals surface area (Å²) >= 11 is 0. The third-order valence-electron chi connectivity index (χ3n) is 6.29. The summed E-state index contributed by atoms with van der Waals surface area (Å²) in [5, 5.41) is 10.7. The van der Waals surface area contributed by atoms with E-state index in [9.17, 15) is 5.11 Å². The van der Waals surface area contributed by atoms with Crippen LogP contribution in [0, 0.1) is 13.5 Å². The molecule has 2 aliphatic rings. The zero-order valence-electron chi connectivity index (χ0n) is 16.0. The van der Waals surface area contributed by atoms with E-state index < -0.39 is 18.3 Å². The average molecular weight is 352 g/mol. The Bertz CT molecular complexity index is 903. The Morgan fingerprint density at radius 2 is 1.81 bits per heavy atom. The fourth-order valence-corrected chi connectivity index (χ4v) is 3.78. The smallest absolute Gasteiger partial charge is 0.399 e. The highest BCUT2D eigenvalue weighted by molar-refractivity contribution is 6.65. The molecule has 6 heteroatoms. The molecule has 0 unspecified atom stereocenters. The second-order valence-electron chi connectivity index (χ2n) is 8.63. The lowest BCUT2D eigenvalue weighted by Gasteiger charge is -2.33. The summed E-state index contributed by atoms with van der Waals surface area (Å²) in [6.45, 7) is 17.6. The highest BCUT2D eigenvalue weighted by atomic mass is 16.7. The highest BCUT2D eigenvalue weighted by Gasteiger charge is 2.52. The summed E-state index contributed by atoms with van der Waals surface area (Å²) < 4.78 is 14.8. The second kappa shape index (κ2) is 5.59. The maximum Gasteiger partial charge on any atom is 0.496 e. The van der Waals surface area contributed by atoms with Gasteiger partial charge in [0.1, 0.15) is 0 Å². The minimum Gasteiger partial charge on any atom is -0.399 e. The van der Waals surface area contributed by atoms with E-state index in [1.54, 1.807) is 0 Å².